The molecule has 1 atom stereocenters. The van der Waals surface area contributed by atoms with Gasteiger partial charge in [0, 0.05) is 5.69 Å². The number of methoxy groups -OCH3 is 1. The second-order valence-corrected chi connectivity index (χ2v) is 6.62. The first-order chi connectivity index (χ1) is 10.0. The predicted octanol–water partition coefficient (Wildman–Crippen LogP) is 4.74. The monoisotopic (exact) mass is 281 g/mol. The molecule has 1 aliphatic carbocycles. The molecule has 2 heteroatoms. The van der Waals surface area contributed by atoms with Gasteiger partial charge in [0.05, 0.1) is 13.2 Å². The fourth-order valence-corrected chi connectivity index (χ4v) is 3.34. The normalized spacial score (nSPS) is 19.1. The minimum absolute atomic E-state index is 0.218. The molecule has 0 radical (unpaired) electrons. The number of aryl methyl sites for hydroxylation is 1. The van der Waals surface area contributed by atoms with Crippen LogP contribution in [0.5, 0.6) is 5.75 Å². The van der Waals surface area contributed by atoms with Gasteiger partial charge in [-0.25, -0.2) is 0 Å². The molecule has 3 rings (SSSR count). The van der Waals surface area contributed by atoms with Gasteiger partial charge in [-0.15, -0.1) is 0 Å². The molecule has 21 heavy (non-hydrogen) atoms. The summed E-state index contributed by atoms with van der Waals surface area (Å²) < 4.78 is 5.29. The van der Waals surface area contributed by atoms with Gasteiger partial charge < -0.3 is 10.1 Å². The van der Waals surface area contributed by atoms with Gasteiger partial charge >= 0.3 is 0 Å². The van der Waals surface area contributed by atoms with E-state index in [1.54, 1.807) is 7.11 Å². The van der Waals surface area contributed by atoms with Gasteiger partial charge in [-0.05, 0) is 53.6 Å². The van der Waals surface area contributed by atoms with E-state index >= 15 is 0 Å². The fourth-order valence-electron chi connectivity index (χ4n) is 3.34. The average Bonchev–Trinajstić information content (AvgIpc) is 2.71. The van der Waals surface area contributed by atoms with Crippen LogP contribution in [-0.2, 0) is 6.42 Å². The SMILES string of the molecule is COc1ccc(NC2c3ccccc3CC2(C)C)c(C)c1. The molecule has 0 saturated carbocycles. The Bertz CT molecular complexity index is 660. The number of hydrogen-bond acceptors (Lipinski definition) is 2. The predicted molar refractivity (Wildman–Crippen MR) is 88.0 cm³/mol. The van der Waals surface area contributed by atoms with Crippen LogP contribution in [0.15, 0.2) is 42.5 Å². The van der Waals surface area contributed by atoms with Crippen LogP contribution in [0, 0.1) is 12.3 Å². The van der Waals surface area contributed by atoms with Gasteiger partial charge in [-0.3, -0.25) is 0 Å². The van der Waals surface area contributed by atoms with Crippen molar-refractivity contribution in [2.75, 3.05) is 12.4 Å². The van der Waals surface area contributed by atoms with E-state index in [0.29, 0.717) is 6.04 Å². The minimum Gasteiger partial charge on any atom is -0.497 e. The second-order valence-electron chi connectivity index (χ2n) is 6.62. The molecule has 0 spiro atoms. The molecule has 0 saturated heterocycles. The highest BCUT2D eigenvalue weighted by molar-refractivity contribution is 5.56. The quantitative estimate of drug-likeness (QED) is 0.877. The maximum atomic E-state index is 5.29. The lowest BCUT2D eigenvalue weighted by molar-refractivity contribution is 0.337. The maximum absolute atomic E-state index is 5.29. The largest absolute Gasteiger partial charge is 0.497 e. The number of nitrogens with one attached hydrogen (secondary N) is 1. The summed E-state index contributed by atoms with van der Waals surface area (Å²) in [5, 5.41) is 3.75. The molecular formula is C19H23NO. The van der Waals surface area contributed by atoms with Crippen LogP contribution in [0.2, 0.25) is 0 Å². The fraction of sp³-hybridized carbons (Fsp3) is 0.368. The van der Waals surface area contributed by atoms with Crippen LogP contribution in [0.3, 0.4) is 0 Å². The van der Waals surface area contributed by atoms with Crippen LogP contribution in [0.1, 0.15) is 36.6 Å². The Morgan fingerprint density at radius 2 is 1.90 bits per heavy atom. The summed E-state index contributed by atoms with van der Waals surface area (Å²) in [5.41, 5.74) is 5.51. The summed E-state index contributed by atoms with van der Waals surface area (Å²) in [4.78, 5) is 0. The lowest BCUT2D eigenvalue weighted by Crippen LogP contribution is -2.24. The van der Waals surface area contributed by atoms with E-state index in [2.05, 4.69) is 62.5 Å². The molecule has 0 amide bonds. The highest BCUT2D eigenvalue weighted by Gasteiger charge is 2.38. The first-order valence-corrected chi connectivity index (χ1v) is 7.50. The molecule has 1 aliphatic rings. The van der Waals surface area contributed by atoms with Crippen molar-refractivity contribution in [3.63, 3.8) is 0 Å². The molecule has 1 N–H and O–H groups in total. The first-order valence-electron chi connectivity index (χ1n) is 7.50. The van der Waals surface area contributed by atoms with Gasteiger partial charge in [0.2, 0.25) is 0 Å². The maximum Gasteiger partial charge on any atom is 0.119 e. The zero-order valence-electron chi connectivity index (χ0n) is 13.2. The van der Waals surface area contributed by atoms with Crippen LogP contribution in [-0.4, -0.2) is 7.11 Å². The van der Waals surface area contributed by atoms with Crippen molar-refractivity contribution in [1.29, 1.82) is 0 Å². The molecule has 2 aromatic rings. The van der Waals surface area contributed by atoms with Crippen molar-refractivity contribution in [3.8, 4) is 5.75 Å². The lowest BCUT2D eigenvalue weighted by Gasteiger charge is -2.30. The first kappa shape index (κ1) is 14.0. The number of ether oxygens (including phenoxy) is 1. The van der Waals surface area contributed by atoms with E-state index in [1.807, 2.05) is 6.07 Å². The number of anilines is 1. The summed E-state index contributed by atoms with van der Waals surface area (Å²) in [6.07, 6.45) is 1.12. The van der Waals surface area contributed by atoms with E-state index in [9.17, 15) is 0 Å². The third-order valence-corrected chi connectivity index (χ3v) is 4.53. The highest BCUT2D eigenvalue weighted by Crippen LogP contribution is 2.47. The van der Waals surface area contributed by atoms with Crippen LogP contribution in [0.25, 0.3) is 0 Å². The number of benzene rings is 2. The third-order valence-electron chi connectivity index (χ3n) is 4.53. The zero-order chi connectivity index (χ0) is 15.0. The molecule has 0 aliphatic heterocycles. The van der Waals surface area contributed by atoms with Gasteiger partial charge in [-0.1, -0.05) is 38.1 Å². The van der Waals surface area contributed by atoms with Crippen molar-refractivity contribution >= 4 is 5.69 Å². The van der Waals surface area contributed by atoms with Gasteiger partial charge in [0.15, 0.2) is 0 Å². The van der Waals surface area contributed by atoms with Crippen LogP contribution >= 0.6 is 0 Å². The van der Waals surface area contributed by atoms with Crippen LogP contribution < -0.4 is 10.1 Å². The summed E-state index contributed by atoms with van der Waals surface area (Å²) in [6, 6.07) is 15.3. The molecule has 0 heterocycles. The third kappa shape index (κ3) is 2.51. The number of hydrogen-bond donors (Lipinski definition) is 1. The van der Waals surface area contributed by atoms with Gasteiger partial charge in [-0.2, -0.15) is 0 Å². The smallest absolute Gasteiger partial charge is 0.119 e. The van der Waals surface area contributed by atoms with Crippen molar-refractivity contribution < 1.29 is 4.74 Å². The Labute approximate surface area is 127 Å². The molecule has 0 bridgehead atoms. The molecular weight excluding hydrogens is 258 g/mol. The van der Waals surface area contributed by atoms with Gasteiger partial charge in [0.25, 0.3) is 0 Å². The van der Waals surface area contributed by atoms with Crippen molar-refractivity contribution in [3.05, 3.63) is 59.2 Å². The summed E-state index contributed by atoms with van der Waals surface area (Å²) in [5.74, 6) is 0.907. The number of fused-ring (bicyclic) bond motifs is 1. The molecule has 0 fully saturated rings. The second kappa shape index (κ2) is 5.10. The van der Waals surface area contributed by atoms with E-state index in [-0.39, 0.29) is 5.41 Å². The zero-order valence-corrected chi connectivity index (χ0v) is 13.2. The van der Waals surface area contributed by atoms with Crippen LogP contribution in [0.4, 0.5) is 5.69 Å². The topological polar surface area (TPSA) is 21.3 Å². The minimum atomic E-state index is 0.218. The van der Waals surface area contributed by atoms with Crippen molar-refractivity contribution in [1.82, 2.24) is 0 Å². The molecule has 1 unspecified atom stereocenters. The Balaban J connectivity index is 1.94. The lowest BCUT2D eigenvalue weighted by atomic mass is 9.85. The van der Waals surface area contributed by atoms with Crippen molar-refractivity contribution in [2.45, 2.75) is 33.2 Å². The molecule has 2 aromatic carbocycles. The van der Waals surface area contributed by atoms with Gasteiger partial charge in [0.1, 0.15) is 5.75 Å². The summed E-state index contributed by atoms with van der Waals surface area (Å²) >= 11 is 0. The average molecular weight is 281 g/mol. The van der Waals surface area contributed by atoms with E-state index in [0.717, 1.165) is 12.2 Å². The standard InChI is InChI=1S/C19H23NO/c1-13-11-15(21-4)9-10-17(13)20-18-16-8-6-5-7-14(16)12-19(18,2)3/h5-11,18,20H,12H2,1-4H3. The number of rotatable bonds is 3. The molecule has 0 aromatic heterocycles. The van der Waals surface area contributed by atoms with E-state index in [4.69, 9.17) is 4.74 Å². The Kier molecular flexibility index (Phi) is 3.40. The van der Waals surface area contributed by atoms with Crippen molar-refractivity contribution in [2.24, 2.45) is 5.41 Å². The summed E-state index contributed by atoms with van der Waals surface area (Å²) in [7, 11) is 1.71. The Hall–Kier alpha value is -1.96. The highest BCUT2D eigenvalue weighted by atomic mass is 16.5. The Morgan fingerprint density at radius 3 is 2.62 bits per heavy atom. The summed E-state index contributed by atoms with van der Waals surface area (Å²) in [6.45, 7) is 6.80. The van der Waals surface area contributed by atoms with E-state index < -0.39 is 0 Å². The molecule has 2 nitrogen and oxygen atoms in total. The van der Waals surface area contributed by atoms with E-state index in [1.165, 1.54) is 22.4 Å². The molecule has 110 valence electrons. The Morgan fingerprint density at radius 1 is 1.14 bits per heavy atom.